The van der Waals surface area contributed by atoms with Crippen LogP contribution in [-0.4, -0.2) is 51.1 Å². The van der Waals surface area contributed by atoms with Gasteiger partial charge in [0.15, 0.2) is 5.65 Å². The molecule has 1 aliphatic rings. The summed E-state index contributed by atoms with van der Waals surface area (Å²) in [5.74, 6) is 2.86. The van der Waals surface area contributed by atoms with Crippen LogP contribution in [0.5, 0.6) is 11.6 Å². The highest BCUT2D eigenvalue weighted by Crippen LogP contribution is 2.28. The lowest BCUT2D eigenvalue weighted by Crippen LogP contribution is -2.47. The minimum absolute atomic E-state index is 0.486. The normalized spacial score (nSPS) is 14.4. The molecular formula is C21H21N7O. The lowest BCUT2D eigenvalue weighted by molar-refractivity contribution is 0.465. The van der Waals surface area contributed by atoms with E-state index >= 15 is 0 Å². The van der Waals surface area contributed by atoms with Crippen molar-refractivity contribution in [1.82, 2.24) is 24.9 Å². The van der Waals surface area contributed by atoms with Gasteiger partial charge in [0.25, 0.3) is 5.88 Å². The number of nitrogens with one attached hydrogen (secondary N) is 1. The lowest BCUT2D eigenvalue weighted by Gasteiger charge is -2.35. The molecule has 1 N–H and O–H groups in total. The number of H-pyrrole nitrogens is 1. The standard InChI is InChI=1S/C21H21N7O/c1-15-5-4-6-16(13-15)29-20-18-19(24-14-23-18)25-21(26-20)28-11-9-27(10-12-28)17-7-2-3-8-22-17/h2-8,13-14H,9-12H2,1H3,(H,23,24,25,26). The molecule has 0 radical (unpaired) electrons. The first-order chi connectivity index (χ1) is 14.3. The third-order valence-corrected chi connectivity index (χ3v) is 4.98. The minimum Gasteiger partial charge on any atom is -0.437 e. The van der Waals surface area contributed by atoms with Gasteiger partial charge in [-0.2, -0.15) is 9.97 Å². The SMILES string of the molecule is Cc1cccc(Oc2nc(N3CCN(c4ccccn4)CC3)nc3nc[nH]c23)c1. The van der Waals surface area contributed by atoms with Gasteiger partial charge in [-0.3, -0.25) is 0 Å². The summed E-state index contributed by atoms with van der Waals surface area (Å²) in [6.45, 7) is 5.35. The smallest absolute Gasteiger partial charge is 0.250 e. The number of benzene rings is 1. The second-order valence-corrected chi connectivity index (χ2v) is 7.01. The molecule has 4 aromatic rings. The Kier molecular flexibility index (Phi) is 4.44. The van der Waals surface area contributed by atoms with Gasteiger partial charge < -0.3 is 19.5 Å². The van der Waals surface area contributed by atoms with Crippen LogP contribution in [0.3, 0.4) is 0 Å². The molecule has 8 nitrogen and oxygen atoms in total. The molecule has 0 amide bonds. The Morgan fingerprint density at radius 3 is 2.59 bits per heavy atom. The van der Waals surface area contributed by atoms with Crippen LogP contribution in [-0.2, 0) is 0 Å². The Morgan fingerprint density at radius 2 is 1.79 bits per heavy atom. The molecule has 0 aliphatic carbocycles. The van der Waals surface area contributed by atoms with Crippen LogP contribution >= 0.6 is 0 Å². The largest absolute Gasteiger partial charge is 0.437 e. The molecule has 0 saturated carbocycles. The highest BCUT2D eigenvalue weighted by molar-refractivity contribution is 5.77. The van der Waals surface area contributed by atoms with E-state index in [1.165, 1.54) is 0 Å². The fourth-order valence-corrected chi connectivity index (χ4v) is 3.48. The summed E-state index contributed by atoms with van der Waals surface area (Å²) in [5, 5.41) is 0. The van der Waals surface area contributed by atoms with E-state index in [1.54, 1.807) is 6.33 Å². The Labute approximate surface area is 168 Å². The zero-order chi connectivity index (χ0) is 19.6. The molecular weight excluding hydrogens is 366 g/mol. The van der Waals surface area contributed by atoms with Crippen molar-refractivity contribution in [2.75, 3.05) is 36.0 Å². The van der Waals surface area contributed by atoms with Crippen LogP contribution in [0.1, 0.15) is 5.56 Å². The number of ether oxygens (including phenoxy) is 1. The predicted molar refractivity (Wildman–Crippen MR) is 112 cm³/mol. The third kappa shape index (κ3) is 3.56. The number of aromatic amines is 1. The second-order valence-electron chi connectivity index (χ2n) is 7.01. The molecule has 8 heteroatoms. The van der Waals surface area contributed by atoms with Gasteiger partial charge in [-0.25, -0.2) is 9.97 Å². The van der Waals surface area contributed by atoms with Gasteiger partial charge >= 0.3 is 0 Å². The quantitative estimate of drug-likeness (QED) is 0.576. The van der Waals surface area contributed by atoms with E-state index in [0.29, 0.717) is 23.0 Å². The highest BCUT2D eigenvalue weighted by atomic mass is 16.5. The van der Waals surface area contributed by atoms with Gasteiger partial charge in [-0.1, -0.05) is 18.2 Å². The average Bonchev–Trinajstić information content (AvgIpc) is 3.24. The van der Waals surface area contributed by atoms with E-state index in [4.69, 9.17) is 9.72 Å². The van der Waals surface area contributed by atoms with Crippen molar-refractivity contribution >= 4 is 22.9 Å². The molecule has 1 aromatic carbocycles. The number of imidazole rings is 1. The maximum absolute atomic E-state index is 6.08. The van der Waals surface area contributed by atoms with Crippen molar-refractivity contribution in [1.29, 1.82) is 0 Å². The molecule has 0 atom stereocenters. The van der Waals surface area contributed by atoms with E-state index in [-0.39, 0.29) is 0 Å². The third-order valence-electron chi connectivity index (χ3n) is 4.98. The number of aryl methyl sites for hydroxylation is 1. The van der Waals surface area contributed by atoms with E-state index < -0.39 is 0 Å². The van der Waals surface area contributed by atoms with Crippen molar-refractivity contribution in [2.45, 2.75) is 6.92 Å². The number of fused-ring (bicyclic) bond motifs is 1. The first-order valence-electron chi connectivity index (χ1n) is 9.63. The molecule has 0 unspecified atom stereocenters. The first kappa shape index (κ1) is 17.4. The van der Waals surface area contributed by atoms with Gasteiger partial charge in [-0.15, -0.1) is 0 Å². The number of pyridine rings is 1. The van der Waals surface area contributed by atoms with Crippen molar-refractivity contribution in [3.05, 3.63) is 60.6 Å². The molecule has 0 bridgehead atoms. The van der Waals surface area contributed by atoms with E-state index in [9.17, 15) is 0 Å². The summed E-state index contributed by atoms with van der Waals surface area (Å²) in [4.78, 5) is 25.6. The lowest BCUT2D eigenvalue weighted by atomic mass is 10.2. The molecule has 5 rings (SSSR count). The summed E-state index contributed by atoms with van der Waals surface area (Å²) in [6, 6.07) is 13.9. The van der Waals surface area contributed by atoms with Crippen LogP contribution in [0.2, 0.25) is 0 Å². The number of aromatic nitrogens is 5. The zero-order valence-electron chi connectivity index (χ0n) is 16.1. The number of anilines is 2. The van der Waals surface area contributed by atoms with E-state index in [1.807, 2.05) is 55.6 Å². The number of nitrogens with zero attached hydrogens (tertiary/aromatic N) is 6. The minimum atomic E-state index is 0.486. The van der Waals surface area contributed by atoms with Crippen molar-refractivity contribution in [3.8, 4) is 11.6 Å². The molecule has 3 aromatic heterocycles. The Hall–Kier alpha value is -3.68. The molecule has 4 heterocycles. The van der Waals surface area contributed by atoms with Crippen LogP contribution in [0.15, 0.2) is 55.0 Å². The molecule has 29 heavy (non-hydrogen) atoms. The van der Waals surface area contributed by atoms with Crippen molar-refractivity contribution < 1.29 is 4.74 Å². The molecule has 146 valence electrons. The monoisotopic (exact) mass is 387 g/mol. The van der Waals surface area contributed by atoms with E-state index in [0.717, 1.165) is 43.3 Å². The van der Waals surface area contributed by atoms with Gasteiger partial charge in [0.1, 0.15) is 17.1 Å². The van der Waals surface area contributed by atoms with Crippen molar-refractivity contribution in [2.24, 2.45) is 0 Å². The summed E-state index contributed by atoms with van der Waals surface area (Å²) < 4.78 is 6.08. The molecule has 0 spiro atoms. The zero-order valence-corrected chi connectivity index (χ0v) is 16.1. The van der Waals surface area contributed by atoms with Crippen LogP contribution in [0, 0.1) is 6.92 Å². The van der Waals surface area contributed by atoms with Gasteiger partial charge in [-0.05, 0) is 36.8 Å². The fourth-order valence-electron chi connectivity index (χ4n) is 3.48. The molecule has 1 aliphatic heterocycles. The van der Waals surface area contributed by atoms with Crippen molar-refractivity contribution in [3.63, 3.8) is 0 Å². The maximum atomic E-state index is 6.08. The van der Waals surface area contributed by atoms with E-state index in [2.05, 4.69) is 29.7 Å². The Bertz CT molecular complexity index is 1120. The van der Waals surface area contributed by atoms with Crippen LogP contribution in [0.4, 0.5) is 11.8 Å². The summed E-state index contributed by atoms with van der Waals surface area (Å²) in [5.41, 5.74) is 2.43. The number of hydrogen-bond donors (Lipinski definition) is 1. The summed E-state index contributed by atoms with van der Waals surface area (Å²) >= 11 is 0. The number of hydrogen-bond acceptors (Lipinski definition) is 7. The summed E-state index contributed by atoms with van der Waals surface area (Å²) in [6.07, 6.45) is 3.44. The van der Waals surface area contributed by atoms with Crippen LogP contribution in [0.25, 0.3) is 11.2 Å². The number of rotatable bonds is 4. The summed E-state index contributed by atoms with van der Waals surface area (Å²) in [7, 11) is 0. The molecule has 1 fully saturated rings. The van der Waals surface area contributed by atoms with Crippen LogP contribution < -0.4 is 14.5 Å². The van der Waals surface area contributed by atoms with Gasteiger partial charge in [0.05, 0.1) is 6.33 Å². The Balaban J connectivity index is 1.39. The predicted octanol–water partition coefficient (Wildman–Crippen LogP) is 3.18. The average molecular weight is 387 g/mol. The maximum Gasteiger partial charge on any atom is 0.250 e. The topological polar surface area (TPSA) is 83.1 Å². The molecule has 1 saturated heterocycles. The second kappa shape index (κ2) is 7.38. The first-order valence-corrected chi connectivity index (χ1v) is 9.63. The highest BCUT2D eigenvalue weighted by Gasteiger charge is 2.22. The fraction of sp³-hybridized carbons (Fsp3) is 0.238. The number of piperazine rings is 1. The van der Waals surface area contributed by atoms with Gasteiger partial charge in [0, 0.05) is 32.4 Å². The Morgan fingerprint density at radius 1 is 0.931 bits per heavy atom. The van der Waals surface area contributed by atoms with Gasteiger partial charge in [0.2, 0.25) is 5.95 Å².